The number of rotatable bonds is 7. The highest BCUT2D eigenvalue weighted by molar-refractivity contribution is 5.60. The monoisotopic (exact) mass is 277 g/mol. The van der Waals surface area contributed by atoms with Gasteiger partial charge in [0.1, 0.15) is 6.29 Å². The van der Waals surface area contributed by atoms with Gasteiger partial charge in [0.2, 0.25) is 0 Å². The number of aliphatic hydroxyl groups is 1. The summed E-state index contributed by atoms with van der Waals surface area (Å²) in [6, 6.07) is 10.1. The average molecular weight is 277 g/mol. The van der Waals surface area contributed by atoms with Gasteiger partial charge >= 0.3 is 0 Å². The van der Waals surface area contributed by atoms with Crippen molar-refractivity contribution in [1.82, 2.24) is 4.90 Å². The normalized spacial score (nSPS) is 22.9. The summed E-state index contributed by atoms with van der Waals surface area (Å²) in [5, 5.41) is 9.24. The van der Waals surface area contributed by atoms with Gasteiger partial charge in [-0.2, -0.15) is 0 Å². The van der Waals surface area contributed by atoms with E-state index >= 15 is 0 Å². The van der Waals surface area contributed by atoms with E-state index in [4.69, 9.17) is 4.74 Å². The Kier molecular flexibility index (Phi) is 5.71. The Morgan fingerprint density at radius 2 is 2.15 bits per heavy atom. The molecule has 1 atom stereocenters. The predicted octanol–water partition coefficient (Wildman–Crippen LogP) is 1.48. The highest BCUT2D eigenvalue weighted by Gasteiger charge is 2.34. The third kappa shape index (κ3) is 4.13. The van der Waals surface area contributed by atoms with Crippen molar-refractivity contribution in [2.45, 2.75) is 19.4 Å². The molecule has 1 heterocycles. The lowest BCUT2D eigenvalue weighted by molar-refractivity contribution is -0.126. The summed E-state index contributed by atoms with van der Waals surface area (Å²) < 4.78 is 5.49. The molecule has 1 aliphatic rings. The van der Waals surface area contributed by atoms with Crippen molar-refractivity contribution in [1.29, 1.82) is 0 Å². The number of hydrogen-bond acceptors (Lipinski definition) is 4. The van der Waals surface area contributed by atoms with Crippen LogP contribution >= 0.6 is 0 Å². The van der Waals surface area contributed by atoms with E-state index in [1.165, 1.54) is 5.56 Å². The van der Waals surface area contributed by atoms with Crippen molar-refractivity contribution in [2.24, 2.45) is 5.41 Å². The first kappa shape index (κ1) is 15.2. The van der Waals surface area contributed by atoms with Gasteiger partial charge in [0.25, 0.3) is 0 Å². The van der Waals surface area contributed by atoms with E-state index in [2.05, 4.69) is 17.0 Å². The summed E-state index contributed by atoms with van der Waals surface area (Å²) in [6.45, 7) is 3.30. The van der Waals surface area contributed by atoms with Gasteiger partial charge in [0, 0.05) is 26.2 Å². The highest BCUT2D eigenvalue weighted by atomic mass is 16.5. The zero-order valence-electron chi connectivity index (χ0n) is 11.8. The van der Waals surface area contributed by atoms with Gasteiger partial charge in [-0.25, -0.2) is 0 Å². The minimum absolute atomic E-state index is 0.0998. The molecule has 1 aromatic rings. The van der Waals surface area contributed by atoms with Gasteiger partial charge in [0.05, 0.1) is 18.6 Å². The van der Waals surface area contributed by atoms with Crippen LogP contribution in [0.5, 0.6) is 0 Å². The molecule has 1 unspecified atom stereocenters. The number of ether oxygens (including phenoxy) is 1. The van der Waals surface area contributed by atoms with Crippen molar-refractivity contribution in [2.75, 3.05) is 32.9 Å². The lowest BCUT2D eigenvalue weighted by atomic mass is 9.83. The van der Waals surface area contributed by atoms with Crippen LogP contribution < -0.4 is 0 Å². The van der Waals surface area contributed by atoms with Gasteiger partial charge in [-0.3, -0.25) is 4.90 Å². The Labute approximate surface area is 120 Å². The molecule has 1 N–H and O–H groups in total. The highest BCUT2D eigenvalue weighted by Crippen LogP contribution is 2.28. The first-order valence-electron chi connectivity index (χ1n) is 7.19. The lowest BCUT2D eigenvalue weighted by Gasteiger charge is -2.36. The third-order valence-electron chi connectivity index (χ3n) is 3.81. The SMILES string of the molecule is O=CC1(CN(CCO)Cc2ccccc2)CCCOC1. The van der Waals surface area contributed by atoms with Crippen LogP contribution in [0.2, 0.25) is 0 Å². The quantitative estimate of drug-likeness (QED) is 0.767. The maximum Gasteiger partial charge on any atom is 0.129 e. The topological polar surface area (TPSA) is 49.8 Å². The molecule has 1 aromatic carbocycles. The molecular formula is C16H23NO3. The molecule has 0 radical (unpaired) electrons. The Morgan fingerprint density at radius 3 is 2.75 bits per heavy atom. The second-order valence-corrected chi connectivity index (χ2v) is 5.56. The maximum absolute atomic E-state index is 11.5. The van der Waals surface area contributed by atoms with Crippen LogP contribution in [-0.4, -0.2) is 49.2 Å². The summed E-state index contributed by atoms with van der Waals surface area (Å²) in [5.74, 6) is 0. The number of aldehydes is 1. The van der Waals surface area contributed by atoms with Crippen LogP contribution in [0.25, 0.3) is 0 Å². The first-order chi connectivity index (χ1) is 9.78. The van der Waals surface area contributed by atoms with Crippen LogP contribution in [-0.2, 0) is 16.1 Å². The molecule has 0 aliphatic carbocycles. The van der Waals surface area contributed by atoms with Gasteiger partial charge < -0.3 is 14.6 Å². The van der Waals surface area contributed by atoms with Crippen LogP contribution in [0, 0.1) is 5.41 Å². The fourth-order valence-electron chi connectivity index (χ4n) is 2.77. The fourth-order valence-corrected chi connectivity index (χ4v) is 2.77. The van der Waals surface area contributed by atoms with E-state index in [1.807, 2.05) is 18.2 Å². The zero-order valence-corrected chi connectivity index (χ0v) is 11.8. The summed E-state index contributed by atoms with van der Waals surface area (Å²) >= 11 is 0. The minimum atomic E-state index is -0.414. The van der Waals surface area contributed by atoms with Gasteiger partial charge in [0.15, 0.2) is 0 Å². The number of hydrogen-bond donors (Lipinski definition) is 1. The molecular weight excluding hydrogens is 254 g/mol. The molecule has 0 aromatic heterocycles. The molecule has 0 saturated carbocycles. The summed E-state index contributed by atoms with van der Waals surface area (Å²) in [4.78, 5) is 13.6. The van der Waals surface area contributed by atoms with Crippen molar-refractivity contribution in [3.8, 4) is 0 Å². The molecule has 0 amide bonds. The van der Waals surface area contributed by atoms with Gasteiger partial charge in [-0.1, -0.05) is 30.3 Å². The molecule has 1 aliphatic heterocycles. The predicted molar refractivity (Wildman–Crippen MR) is 77.4 cm³/mol. The van der Waals surface area contributed by atoms with E-state index in [-0.39, 0.29) is 6.61 Å². The summed E-state index contributed by atoms with van der Waals surface area (Å²) in [7, 11) is 0. The molecule has 0 spiro atoms. The van der Waals surface area contributed by atoms with E-state index < -0.39 is 5.41 Å². The lowest BCUT2D eigenvalue weighted by Crippen LogP contribution is -2.44. The van der Waals surface area contributed by atoms with Crippen LogP contribution in [0.4, 0.5) is 0 Å². The summed E-state index contributed by atoms with van der Waals surface area (Å²) in [6.07, 6.45) is 2.84. The van der Waals surface area contributed by atoms with Gasteiger partial charge in [-0.15, -0.1) is 0 Å². The van der Waals surface area contributed by atoms with Crippen molar-refractivity contribution in [3.05, 3.63) is 35.9 Å². The van der Waals surface area contributed by atoms with Crippen molar-refractivity contribution < 1.29 is 14.6 Å². The van der Waals surface area contributed by atoms with E-state index in [0.717, 1.165) is 32.3 Å². The molecule has 20 heavy (non-hydrogen) atoms. The number of carbonyl (C=O) groups excluding carboxylic acids is 1. The Hall–Kier alpha value is -1.23. The standard InChI is InChI=1S/C16H23NO3/c18-9-8-17(11-15-5-2-1-3-6-15)12-16(13-19)7-4-10-20-14-16/h1-3,5-6,13,18H,4,7-12,14H2. The smallest absolute Gasteiger partial charge is 0.129 e. The molecule has 0 bridgehead atoms. The van der Waals surface area contributed by atoms with E-state index in [1.54, 1.807) is 0 Å². The largest absolute Gasteiger partial charge is 0.395 e. The van der Waals surface area contributed by atoms with E-state index in [0.29, 0.717) is 19.7 Å². The molecule has 110 valence electrons. The molecule has 4 nitrogen and oxygen atoms in total. The number of carbonyl (C=O) groups is 1. The molecule has 1 fully saturated rings. The van der Waals surface area contributed by atoms with Crippen LogP contribution in [0.1, 0.15) is 18.4 Å². The average Bonchev–Trinajstić information content (AvgIpc) is 2.49. The van der Waals surface area contributed by atoms with E-state index in [9.17, 15) is 9.90 Å². The number of nitrogens with zero attached hydrogens (tertiary/aromatic N) is 1. The summed E-state index contributed by atoms with van der Waals surface area (Å²) in [5.41, 5.74) is 0.779. The fraction of sp³-hybridized carbons (Fsp3) is 0.562. The van der Waals surface area contributed by atoms with Crippen molar-refractivity contribution in [3.63, 3.8) is 0 Å². The third-order valence-corrected chi connectivity index (χ3v) is 3.81. The number of benzene rings is 1. The second-order valence-electron chi connectivity index (χ2n) is 5.56. The Morgan fingerprint density at radius 1 is 1.35 bits per heavy atom. The molecule has 2 rings (SSSR count). The minimum Gasteiger partial charge on any atom is -0.395 e. The molecule has 1 saturated heterocycles. The maximum atomic E-state index is 11.5. The van der Waals surface area contributed by atoms with Crippen LogP contribution in [0.3, 0.4) is 0 Å². The van der Waals surface area contributed by atoms with Crippen LogP contribution in [0.15, 0.2) is 30.3 Å². The Balaban J connectivity index is 2.02. The van der Waals surface area contributed by atoms with Crippen molar-refractivity contribution >= 4 is 6.29 Å². The Bertz CT molecular complexity index is 401. The first-order valence-corrected chi connectivity index (χ1v) is 7.19. The zero-order chi connectivity index (χ0) is 14.3. The molecule has 4 heteroatoms. The number of aliphatic hydroxyl groups excluding tert-OH is 1. The van der Waals surface area contributed by atoms with Gasteiger partial charge in [-0.05, 0) is 18.4 Å². The second kappa shape index (κ2) is 7.53.